The van der Waals surface area contributed by atoms with E-state index in [2.05, 4.69) is 5.32 Å². The minimum absolute atomic E-state index is 0.264. The average molecular weight is 287 g/mol. The van der Waals surface area contributed by atoms with E-state index in [4.69, 9.17) is 5.11 Å². The molecule has 1 aromatic rings. The number of hydrogen-bond acceptors (Lipinski definition) is 4. The molecule has 0 unspecified atom stereocenters. The number of nitrogens with one attached hydrogen (secondary N) is 2. The molecule has 1 aromatic heterocycles. The van der Waals surface area contributed by atoms with Crippen LogP contribution in [-0.2, 0) is 11.3 Å². The van der Waals surface area contributed by atoms with E-state index in [-0.39, 0.29) is 6.54 Å². The highest BCUT2D eigenvalue weighted by molar-refractivity contribution is 5.73. The number of aromatic amines is 1. The molecule has 0 amide bonds. The van der Waals surface area contributed by atoms with Gasteiger partial charge in [-0.15, -0.1) is 0 Å². The highest BCUT2D eigenvalue weighted by Gasteiger charge is 2.18. The van der Waals surface area contributed by atoms with Crippen LogP contribution in [-0.4, -0.2) is 33.2 Å². The van der Waals surface area contributed by atoms with Crippen molar-refractivity contribution < 1.29 is 14.3 Å². The number of rotatable bonds is 7. The first-order chi connectivity index (χ1) is 9.31. The fourth-order valence-corrected chi connectivity index (χ4v) is 1.59. The van der Waals surface area contributed by atoms with E-state index >= 15 is 0 Å². The van der Waals surface area contributed by atoms with Crippen molar-refractivity contribution in [1.82, 2.24) is 14.9 Å². The maximum Gasteiger partial charge on any atom is 0.328 e. The number of H-pyrrole nitrogens is 1. The molecule has 1 rings (SSSR count). The molecule has 0 spiro atoms. The summed E-state index contributed by atoms with van der Waals surface area (Å²) < 4.78 is 13.9. The number of carboxylic acids is 1. The van der Waals surface area contributed by atoms with Gasteiger partial charge in [0.05, 0.1) is 12.7 Å². The van der Waals surface area contributed by atoms with Crippen molar-refractivity contribution in [3.05, 3.63) is 32.9 Å². The second-order valence-corrected chi connectivity index (χ2v) is 4.92. The fourth-order valence-electron chi connectivity index (χ4n) is 1.59. The lowest BCUT2D eigenvalue weighted by molar-refractivity contribution is -0.139. The predicted molar refractivity (Wildman–Crippen MR) is 70.2 cm³/mol. The molecule has 0 radical (unpaired) electrons. The highest BCUT2D eigenvalue weighted by atomic mass is 19.1. The lowest BCUT2D eigenvalue weighted by atomic mass is 10.1. The Hall–Kier alpha value is -1.96. The van der Waals surface area contributed by atoms with Crippen LogP contribution in [0.15, 0.2) is 15.8 Å². The quantitative estimate of drug-likeness (QED) is 0.642. The van der Waals surface area contributed by atoms with Gasteiger partial charge in [0.1, 0.15) is 6.04 Å². The van der Waals surface area contributed by atoms with Gasteiger partial charge >= 0.3 is 11.7 Å². The summed E-state index contributed by atoms with van der Waals surface area (Å²) in [6.45, 7) is 4.20. The van der Waals surface area contributed by atoms with Gasteiger partial charge in [0.25, 0.3) is 5.56 Å². The Balaban J connectivity index is 2.81. The molecular weight excluding hydrogens is 269 g/mol. The van der Waals surface area contributed by atoms with E-state index in [1.54, 1.807) is 4.98 Å². The van der Waals surface area contributed by atoms with E-state index in [0.717, 1.165) is 11.0 Å². The topological polar surface area (TPSA) is 104 Å². The molecule has 8 heteroatoms. The van der Waals surface area contributed by atoms with Gasteiger partial charge in [0, 0.05) is 0 Å². The van der Waals surface area contributed by atoms with E-state index in [1.807, 2.05) is 13.8 Å². The zero-order valence-electron chi connectivity index (χ0n) is 11.4. The maximum atomic E-state index is 13.1. The van der Waals surface area contributed by atoms with Gasteiger partial charge in [-0.1, -0.05) is 13.8 Å². The second-order valence-electron chi connectivity index (χ2n) is 4.92. The van der Waals surface area contributed by atoms with Crippen LogP contribution in [0.2, 0.25) is 0 Å². The molecule has 0 aliphatic heterocycles. The SMILES string of the molecule is CC(C)CCN[C@@H](Cn1cc(F)c(=O)[nH]c1=O)C(=O)O. The highest BCUT2D eigenvalue weighted by Crippen LogP contribution is 1.98. The van der Waals surface area contributed by atoms with Crippen molar-refractivity contribution in [2.24, 2.45) is 5.92 Å². The van der Waals surface area contributed by atoms with Crippen molar-refractivity contribution in [2.45, 2.75) is 32.9 Å². The van der Waals surface area contributed by atoms with Crippen molar-refractivity contribution in [3.8, 4) is 0 Å². The third kappa shape index (κ3) is 4.61. The van der Waals surface area contributed by atoms with Crippen LogP contribution in [0.3, 0.4) is 0 Å². The molecule has 1 heterocycles. The largest absolute Gasteiger partial charge is 0.480 e. The number of carbonyl (C=O) groups is 1. The Bertz CT molecular complexity index is 579. The third-order valence-corrected chi connectivity index (χ3v) is 2.76. The Morgan fingerprint density at radius 3 is 2.70 bits per heavy atom. The first-order valence-electron chi connectivity index (χ1n) is 6.26. The molecule has 20 heavy (non-hydrogen) atoms. The molecule has 112 valence electrons. The van der Waals surface area contributed by atoms with Crippen molar-refractivity contribution in [3.63, 3.8) is 0 Å². The molecule has 0 saturated heterocycles. The lowest BCUT2D eigenvalue weighted by Crippen LogP contribution is -2.44. The van der Waals surface area contributed by atoms with Gasteiger partial charge in [-0.2, -0.15) is 4.39 Å². The average Bonchev–Trinajstić information content (AvgIpc) is 2.33. The van der Waals surface area contributed by atoms with E-state index in [9.17, 15) is 18.8 Å². The van der Waals surface area contributed by atoms with Crippen LogP contribution in [0.4, 0.5) is 4.39 Å². The number of nitrogens with zero attached hydrogens (tertiary/aromatic N) is 1. The van der Waals surface area contributed by atoms with Gasteiger partial charge in [0.2, 0.25) is 5.82 Å². The zero-order chi connectivity index (χ0) is 15.3. The summed E-state index contributed by atoms with van der Waals surface area (Å²) in [5.41, 5.74) is -1.96. The maximum absolute atomic E-state index is 13.1. The molecular formula is C12H18FN3O4. The first-order valence-corrected chi connectivity index (χ1v) is 6.26. The second kappa shape index (κ2) is 6.99. The number of carboxylic acid groups (broad SMARTS) is 1. The summed E-state index contributed by atoms with van der Waals surface area (Å²) in [6.07, 6.45) is 1.49. The molecule has 0 fully saturated rings. The Morgan fingerprint density at radius 1 is 1.50 bits per heavy atom. The van der Waals surface area contributed by atoms with Crippen LogP contribution in [0.5, 0.6) is 0 Å². The summed E-state index contributed by atoms with van der Waals surface area (Å²) in [6, 6.07) is -1.03. The summed E-state index contributed by atoms with van der Waals surface area (Å²) in [7, 11) is 0. The number of hydrogen-bond donors (Lipinski definition) is 3. The molecule has 0 aliphatic rings. The van der Waals surface area contributed by atoms with Crippen LogP contribution in [0.25, 0.3) is 0 Å². The molecule has 0 aromatic carbocycles. The van der Waals surface area contributed by atoms with Gasteiger partial charge in [0.15, 0.2) is 0 Å². The van der Waals surface area contributed by atoms with E-state index < -0.39 is 29.1 Å². The minimum atomic E-state index is -1.15. The molecule has 0 bridgehead atoms. The monoisotopic (exact) mass is 287 g/mol. The Morgan fingerprint density at radius 2 is 2.15 bits per heavy atom. The molecule has 0 aliphatic carbocycles. The van der Waals surface area contributed by atoms with Crippen LogP contribution in [0.1, 0.15) is 20.3 Å². The van der Waals surface area contributed by atoms with Crippen LogP contribution in [0, 0.1) is 11.7 Å². The van der Waals surface area contributed by atoms with Crippen molar-refractivity contribution in [2.75, 3.05) is 6.54 Å². The third-order valence-electron chi connectivity index (χ3n) is 2.76. The number of halogens is 1. The number of aromatic nitrogens is 2. The summed E-state index contributed by atoms with van der Waals surface area (Å²) in [4.78, 5) is 35.2. The van der Waals surface area contributed by atoms with Gasteiger partial charge < -0.3 is 10.4 Å². The van der Waals surface area contributed by atoms with E-state index in [1.165, 1.54) is 0 Å². The smallest absolute Gasteiger partial charge is 0.328 e. The van der Waals surface area contributed by atoms with E-state index in [0.29, 0.717) is 18.7 Å². The molecule has 3 N–H and O–H groups in total. The van der Waals surface area contributed by atoms with Gasteiger partial charge in [-0.05, 0) is 18.9 Å². The number of aliphatic carboxylic acids is 1. The predicted octanol–water partition coefficient (Wildman–Crippen LogP) is -0.235. The Labute approximate surface area is 114 Å². The molecule has 1 atom stereocenters. The van der Waals surface area contributed by atoms with Gasteiger partial charge in [-0.25, -0.2) is 4.79 Å². The fraction of sp³-hybridized carbons (Fsp3) is 0.583. The summed E-state index contributed by atoms with van der Waals surface area (Å²) in [5.74, 6) is -1.87. The normalized spacial score (nSPS) is 12.6. The van der Waals surface area contributed by atoms with Crippen LogP contribution >= 0.6 is 0 Å². The zero-order valence-corrected chi connectivity index (χ0v) is 11.4. The molecule has 0 saturated carbocycles. The molecule has 7 nitrogen and oxygen atoms in total. The summed E-state index contributed by atoms with van der Waals surface area (Å²) in [5, 5.41) is 11.9. The van der Waals surface area contributed by atoms with Crippen molar-refractivity contribution >= 4 is 5.97 Å². The Kier molecular flexibility index (Phi) is 5.63. The summed E-state index contributed by atoms with van der Waals surface area (Å²) >= 11 is 0. The minimum Gasteiger partial charge on any atom is -0.480 e. The van der Waals surface area contributed by atoms with Gasteiger partial charge in [-0.3, -0.25) is 19.1 Å². The van der Waals surface area contributed by atoms with Crippen LogP contribution < -0.4 is 16.6 Å². The van der Waals surface area contributed by atoms with Crippen molar-refractivity contribution in [1.29, 1.82) is 0 Å². The lowest BCUT2D eigenvalue weighted by Gasteiger charge is -2.16. The standard InChI is InChI=1S/C12H18FN3O4/c1-7(2)3-4-14-9(11(18)19)6-16-5-8(13)10(17)15-12(16)20/h5,7,9,14H,3-4,6H2,1-2H3,(H,18,19)(H,15,17,20)/t9-/m0/s1. The first kappa shape index (κ1) is 16.1.